The van der Waals surface area contributed by atoms with Crippen molar-refractivity contribution >= 4 is 17.5 Å². The van der Waals surface area contributed by atoms with Crippen molar-refractivity contribution in [2.45, 2.75) is 6.61 Å². The molecule has 2 rings (SSSR count). The van der Waals surface area contributed by atoms with E-state index < -0.39 is 5.97 Å². The highest BCUT2D eigenvalue weighted by Gasteiger charge is 2.14. The first-order valence-corrected chi connectivity index (χ1v) is 5.30. The van der Waals surface area contributed by atoms with Crippen molar-refractivity contribution in [2.24, 2.45) is 0 Å². The van der Waals surface area contributed by atoms with Gasteiger partial charge in [0.25, 0.3) is 0 Å². The maximum Gasteiger partial charge on any atom is 0.342 e. The molecule has 0 fully saturated rings. The predicted octanol–water partition coefficient (Wildman–Crippen LogP) is 1.82. The summed E-state index contributed by atoms with van der Waals surface area (Å²) < 4.78 is 9.17. The molecule has 0 aliphatic carbocycles. The van der Waals surface area contributed by atoms with Crippen LogP contribution in [0.4, 0.5) is 0 Å². The zero-order chi connectivity index (χ0) is 11.4. The van der Waals surface area contributed by atoms with Gasteiger partial charge in [0.05, 0.1) is 0 Å². The molecule has 0 aliphatic heterocycles. The van der Waals surface area contributed by atoms with E-state index >= 15 is 0 Å². The second-order valence-corrected chi connectivity index (χ2v) is 3.62. The third-order valence-electron chi connectivity index (χ3n) is 1.87. The molecule has 0 radical (unpaired) electrons. The molecule has 2 aromatic heterocycles. The first-order chi connectivity index (χ1) is 7.77. The number of carbonyl (C=O) groups is 1. The van der Waals surface area contributed by atoms with Crippen LogP contribution < -0.4 is 4.74 Å². The minimum absolute atomic E-state index is 0.0916. The molecular formula is C10H8N2O3S. The first kappa shape index (κ1) is 10.6. The summed E-state index contributed by atoms with van der Waals surface area (Å²) in [6.45, 7) is 0.262. The fourth-order valence-electron chi connectivity index (χ4n) is 1.11. The van der Waals surface area contributed by atoms with Crippen molar-refractivity contribution in [2.75, 3.05) is 0 Å². The minimum atomic E-state index is -1.03. The molecule has 0 amide bonds. The van der Waals surface area contributed by atoms with Gasteiger partial charge in [-0.3, -0.25) is 4.98 Å². The molecular weight excluding hydrogens is 228 g/mol. The first-order valence-electron chi connectivity index (χ1n) is 4.47. The molecule has 1 N–H and O–H groups in total. The van der Waals surface area contributed by atoms with Gasteiger partial charge < -0.3 is 9.84 Å². The fourth-order valence-corrected chi connectivity index (χ4v) is 1.71. The van der Waals surface area contributed by atoms with Crippen LogP contribution >= 0.6 is 11.5 Å². The van der Waals surface area contributed by atoms with Gasteiger partial charge >= 0.3 is 5.97 Å². The van der Waals surface area contributed by atoms with Crippen LogP contribution in [0.15, 0.2) is 29.9 Å². The topological polar surface area (TPSA) is 72.3 Å². The molecule has 0 bridgehead atoms. The van der Waals surface area contributed by atoms with Gasteiger partial charge in [0.15, 0.2) is 0 Å². The van der Waals surface area contributed by atoms with Gasteiger partial charge in [0.2, 0.25) is 5.88 Å². The van der Waals surface area contributed by atoms with Gasteiger partial charge in [-0.25, -0.2) is 4.79 Å². The quantitative estimate of drug-likeness (QED) is 0.876. The number of hydrogen-bond acceptors (Lipinski definition) is 5. The molecule has 0 unspecified atom stereocenters. The average molecular weight is 236 g/mol. The highest BCUT2D eigenvalue weighted by atomic mass is 32.1. The molecule has 2 aromatic rings. The fraction of sp³-hybridized carbons (Fsp3) is 0.100. The van der Waals surface area contributed by atoms with Crippen LogP contribution in [0.3, 0.4) is 0 Å². The van der Waals surface area contributed by atoms with Gasteiger partial charge in [-0.2, -0.15) is 4.37 Å². The summed E-state index contributed by atoms with van der Waals surface area (Å²) in [6, 6.07) is 3.64. The highest BCUT2D eigenvalue weighted by Crippen LogP contribution is 2.19. The van der Waals surface area contributed by atoms with Crippen molar-refractivity contribution in [3.8, 4) is 5.88 Å². The van der Waals surface area contributed by atoms with Crippen molar-refractivity contribution < 1.29 is 14.6 Å². The second-order valence-electron chi connectivity index (χ2n) is 2.99. The number of carboxylic acids is 1. The number of nitrogens with zero attached hydrogens (tertiary/aromatic N) is 2. The Morgan fingerprint density at radius 3 is 3.12 bits per heavy atom. The highest BCUT2D eigenvalue weighted by molar-refractivity contribution is 7.04. The van der Waals surface area contributed by atoms with E-state index in [0.717, 1.165) is 17.1 Å². The molecule has 0 atom stereocenters. The lowest BCUT2D eigenvalue weighted by Gasteiger charge is -2.03. The summed E-state index contributed by atoms with van der Waals surface area (Å²) in [5, 5.41) is 10.3. The van der Waals surface area contributed by atoms with E-state index in [-0.39, 0.29) is 18.1 Å². The number of aromatic nitrogens is 2. The van der Waals surface area contributed by atoms with Crippen molar-refractivity contribution in [3.05, 3.63) is 41.0 Å². The van der Waals surface area contributed by atoms with Gasteiger partial charge in [-0.15, -0.1) is 0 Å². The summed E-state index contributed by atoms with van der Waals surface area (Å²) in [5.74, 6) is -0.878. The molecule has 0 aromatic carbocycles. The van der Waals surface area contributed by atoms with Crippen LogP contribution in [0.25, 0.3) is 0 Å². The number of ether oxygens (including phenoxy) is 1. The molecule has 82 valence electrons. The van der Waals surface area contributed by atoms with Crippen molar-refractivity contribution in [1.82, 2.24) is 9.36 Å². The molecule has 2 heterocycles. The summed E-state index contributed by atoms with van der Waals surface area (Å²) in [4.78, 5) is 14.7. The Labute approximate surface area is 95.5 Å². The summed E-state index contributed by atoms with van der Waals surface area (Å²) in [6.07, 6.45) is 3.32. The lowest BCUT2D eigenvalue weighted by molar-refractivity contribution is 0.0692. The number of pyridine rings is 1. The van der Waals surface area contributed by atoms with E-state index in [2.05, 4.69) is 9.36 Å². The van der Waals surface area contributed by atoms with E-state index in [4.69, 9.17) is 9.84 Å². The molecule has 0 saturated heterocycles. The zero-order valence-corrected chi connectivity index (χ0v) is 8.98. The predicted molar refractivity (Wildman–Crippen MR) is 57.6 cm³/mol. The summed E-state index contributed by atoms with van der Waals surface area (Å²) >= 11 is 1.06. The Morgan fingerprint density at radius 1 is 1.56 bits per heavy atom. The molecule has 16 heavy (non-hydrogen) atoms. The number of carboxylic acid groups (broad SMARTS) is 1. The largest absolute Gasteiger partial charge is 0.477 e. The normalized spacial score (nSPS) is 10.0. The van der Waals surface area contributed by atoms with Crippen LogP contribution in [-0.4, -0.2) is 20.4 Å². The standard InChI is InChI=1S/C10H8N2O3S/c13-10(14)8-6-16-12-9(8)15-5-7-2-1-3-11-4-7/h1-4,6H,5H2,(H,13,14). The van der Waals surface area contributed by atoms with Crippen molar-refractivity contribution in [3.63, 3.8) is 0 Å². The van der Waals surface area contributed by atoms with E-state index in [1.165, 1.54) is 5.38 Å². The van der Waals surface area contributed by atoms with E-state index in [9.17, 15) is 4.79 Å². The van der Waals surface area contributed by atoms with E-state index in [0.29, 0.717) is 0 Å². The summed E-state index contributed by atoms with van der Waals surface area (Å²) in [5.41, 5.74) is 0.959. The Hall–Kier alpha value is -1.95. The van der Waals surface area contributed by atoms with Gasteiger partial charge in [0.1, 0.15) is 12.2 Å². The third kappa shape index (κ3) is 2.34. The SMILES string of the molecule is O=C(O)c1csnc1OCc1cccnc1. The molecule has 0 aliphatic rings. The van der Waals surface area contributed by atoms with Gasteiger partial charge in [0, 0.05) is 23.3 Å². The smallest absolute Gasteiger partial charge is 0.342 e. The lowest BCUT2D eigenvalue weighted by Crippen LogP contribution is -2.01. The minimum Gasteiger partial charge on any atom is -0.477 e. The second kappa shape index (κ2) is 4.71. The number of hydrogen-bond donors (Lipinski definition) is 1. The van der Waals surface area contributed by atoms with Gasteiger partial charge in [-0.05, 0) is 17.6 Å². The Balaban J connectivity index is 2.05. The lowest BCUT2D eigenvalue weighted by atomic mass is 10.3. The van der Waals surface area contributed by atoms with Gasteiger partial charge in [-0.1, -0.05) is 6.07 Å². The third-order valence-corrected chi connectivity index (χ3v) is 2.48. The number of aromatic carboxylic acids is 1. The van der Waals surface area contributed by atoms with E-state index in [1.807, 2.05) is 6.07 Å². The monoisotopic (exact) mass is 236 g/mol. The average Bonchev–Trinajstić information content (AvgIpc) is 2.76. The molecule has 0 saturated carbocycles. The molecule has 5 nitrogen and oxygen atoms in total. The van der Waals surface area contributed by atoms with Crippen LogP contribution in [0.1, 0.15) is 15.9 Å². The zero-order valence-electron chi connectivity index (χ0n) is 8.16. The van der Waals surface area contributed by atoms with Crippen LogP contribution in [-0.2, 0) is 6.61 Å². The Kier molecular flexibility index (Phi) is 3.11. The summed E-state index contributed by atoms with van der Waals surface area (Å²) in [7, 11) is 0. The van der Waals surface area contributed by atoms with Crippen molar-refractivity contribution in [1.29, 1.82) is 0 Å². The van der Waals surface area contributed by atoms with E-state index in [1.54, 1.807) is 18.5 Å². The number of rotatable bonds is 4. The van der Waals surface area contributed by atoms with Crippen LogP contribution in [0, 0.1) is 0 Å². The molecule has 0 spiro atoms. The maximum absolute atomic E-state index is 10.8. The maximum atomic E-state index is 10.8. The Bertz CT molecular complexity index is 484. The van der Waals surface area contributed by atoms with Crippen LogP contribution in [0.5, 0.6) is 5.88 Å². The molecule has 6 heteroatoms. The van der Waals surface area contributed by atoms with Crippen LogP contribution in [0.2, 0.25) is 0 Å². The Morgan fingerprint density at radius 2 is 2.44 bits per heavy atom.